The van der Waals surface area contributed by atoms with Gasteiger partial charge in [-0.1, -0.05) is 13.0 Å². The zero-order valence-electron chi connectivity index (χ0n) is 17.5. The van der Waals surface area contributed by atoms with Gasteiger partial charge >= 0.3 is 0 Å². The number of aryl methyl sites for hydroxylation is 1. The molecule has 7 heteroatoms. The maximum atomic E-state index is 13.7. The molecule has 3 heterocycles. The van der Waals surface area contributed by atoms with Crippen LogP contribution in [0.15, 0.2) is 48.9 Å². The van der Waals surface area contributed by atoms with E-state index < -0.39 is 5.82 Å². The summed E-state index contributed by atoms with van der Waals surface area (Å²) in [6, 6.07) is 10.1. The largest absolute Gasteiger partial charge is 0.487 e. The molecule has 158 valence electrons. The highest BCUT2D eigenvalue weighted by molar-refractivity contribution is 5.36. The predicted molar refractivity (Wildman–Crippen MR) is 115 cm³/mol. The zero-order valence-corrected chi connectivity index (χ0v) is 17.5. The van der Waals surface area contributed by atoms with Crippen LogP contribution in [0.25, 0.3) is 0 Å². The van der Waals surface area contributed by atoms with Crippen molar-refractivity contribution in [3.8, 4) is 11.8 Å². The van der Waals surface area contributed by atoms with Crippen LogP contribution >= 0.6 is 0 Å². The van der Waals surface area contributed by atoms with Crippen molar-refractivity contribution in [2.24, 2.45) is 0 Å². The lowest BCUT2D eigenvalue weighted by molar-refractivity contribution is 0.299. The van der Waals surface area contributed by atoms with Crippen LogP contribution < -0.4 is 9.64 Å². The highest BCUT2D eigenvalue weighted by atomic mass is 19.1. The Morgan fingerprint density at radius 2 is 1.87 bits per heavy atom. The Hall–Kier alpha value is -3.53. The quantitative estimate of drug-likeness (QED) is 0.591. The van der Waals surface area contributed by atoms with E-state index in [-0.39, 0.29) is 12.2 Å². The summed E-state index contributed by atoms with van der Waals surface area (Å²) in [7, 11) is 0. The number of halogens is 1. The normalized spacial score (nSPS) is 14.3. The third-order valence-electron chi connectivity index (χ3n) is 5.64. The van der Waals surface area contributed by atoms with Crippen molar-refractivity contribution in [3.63, 3.8) is 0 Å². The predicted octanol–water partition coefficient (Wildman–Crippen LogP) is 4.41. The van der Waals surface area contributed by atoms with Crippen LogP contribution in [0.2, 0.25) is 0 Å². The van der Waals surface area contributed by atoms with Crippen LogP contribution in [0.1, 0.15) is 48.1 Å². The minimum atomic E-state index is -0.582. The Morgan fingerprint density at radius 3 is 2.48 bits per heavy atom. The summed E-state index contributed by atoms with van der Waals surface area (Å²) in [6.07, 6.45) is 8.73. The number of nitrogens with zero attached hydrogens (tertiary/aromatic N) is 5. The molecule has 1 aromatic carbocycles. The molecule has 0 unspecified atom stereocenters. The van der Waals surface area contributed by atoms with Gasteiger partial charge in [-0.15, -0.1) is 0 Å². The molecule has 0 spiro atoms. The summed E-state index contributed by atoms with van der Waals surface area (Å²) in [5, 5.41) is 8.79. The van der Waals surface area contributed by atoms with Gasteiger partial charge in [-0.3, -0.25) is 4.98 Å². The maximum Gasteiger partial charge on any atom is 0.225 e. The number of piperidine rings is 1. The number of benzene rings is 1. The molecule has 31 heavy (non-hydrogen) atoms. The van der Waals surface area contributed by atoms with E-state index in [2.05, 4.69) is 32.8 Å². The van der Waals surface area contributed by atoms with Crippen molar-refractivity contribution in [2.75, 3.05) is 18.0 Å². The van der Waals surface area contributed by atoms with Crippen LogP contribution in [-0.2, 0) is 13.0 Å². The van der Waals surface area contributed by atoms with Gasteiger partial charge in [0.05, 0.1) is 11.3 Å². The summed E-state index contributed by atoms with van der Waals surface area (Å²) in [6.45, 7) is 4.19. The van der Waals surface area contributed by atoms with Gasteiger partial charge in [0.1, 0.15) is 24.2 Å². The van der Waals surface area contributed by atoms with Gasteiger partial charge < -0.3 is 9.64 Å². The average molecular weight is 417 g/mol. The maximum absolute atomic E-state index is 13.7. The molecule has 1 fully saturated rings. The number of anilines is 1. The van der Waals surface area contributed by atoms with E-state index in [1.807, 2.05) is 24.7 Å². The first-order valence-electron chi connectivity index (χ1n) is 10.5. The molecule has 0 bridgehead atoms. The fourth-order valence-electron chi connectivity index (χ4n) is 3.70. The van der Waals surface area contributed by atoms with E-state index in [0.717, 1.165) is 49.6 Å². The molecule has 0 aliphatic carbocycles. The van der Waals surface area contributed by atoms with E-state index in [0.29, 0.717) is 11.7 Å². The minimum Gasteiger partial charge on any atom is -0.487 e. The molecular weight excluding hydrogens is 393 g/mol. The SMILES string of the molecule is CCc1cnc(N2CCC(c3ccc(COc4ccc(C#N)c(F)c4)nc3)CC2)nc1. The molecule has 1 aliphatic heterocycles. The van der Waals surface area contributed by atoms with Crippen molar-refractivity contribution in [2.45, 2.75) is 38.7 Å². The molecule has 0 N–H and O–H groups in total. The van der Waals surface area contributed by atoms with Crippen LogP contribution in [0.5, 0.6) is 5.75 Å². The number of aromatic nitrogens is 3. The smallest absolute Gasteiger partial charge is 0.225 e. The number of hydrogen-bond donors (Lipinski definition) is 0. The van der Waals surface area contributed by atoms with Crippen LogP contribution in [-0.4, -0.2) is 28.0 Å². The second-order valence-corrected chi connectivity index (χ2v) is 7.63. The molecule has 6 nitrogen and oxygen atoms in total. The topological polar surface area (TPSA) is 74.9 Å². The van der Waals surface area contributed by atoms with E-state index in [1.165, 1.54) is 17.7 Å². The monoisotopic (exact) mass is 417 g/mol. The number of pyridine rings is 1. The molecule has 0 amide bonds. The Balaban J connectivity index is 1.30. The average Bonchev–Trinajstić information content (AvgIpc) is 2.83. The van der Waals surface area contributed by atoms with Gasteiger partial charge in [-0.25, -0.2) is 14.4 Å². The third kappa shape index (κ3) is 4.97. The molecule has 0 radical (unpaired) electrons. The van der Waals surface area contributed by atoms with E-state index in [4.69, 9.17) is 10.00 Å². The lowest BCUT2D eigenvalue weighted by atomic mass is 9.90. The second-order valence-electron chi connectivity index (χ2n) is 7.63. The summed E-state index contributed by atoms with van der Waals surface area (Å²) in [5.41, 5.74) is 3.15. The summed E-state index contributed by atoms with van der Waals surface area (Å²) < 4.78 is 19.3. The van der Waals surface area contributed by atoms with E-state index in [9.17, 15) is 4.39 Å². The fourth-order valence-corrected chi connectivity index (χ4v) is 3.70. The van der Waals surface area contributed by atoms with Crippen LogP contribution in [0.4, 0.5) is 10.3 Å². The third-order valence-corrected chi connectivity index (χ3v) is 5.64. The Morgan fingerprint density at radius 1 is 1.10 bits per heavy atom. The Bertz CT molecular complexity index is 1050. The van der Waals surface area contributed by atoms with Gasteiger partial charge in [0.2, 0.25) is 5.95 Å². The summed E-state index contributed by atoms with van der Waals surface area (Å²) in [4.78, 5) is 15.7. The number of rotatable bonds is 6. The molecule has 0 atom stereocenters. The Kier molecular flexibility index (Phi) is 6.37. The molecule has 2 aromatic heterocycles. The molecule has 0 saturated carbocycles. The lowest BCUT2D eigenvalue weighted by Gasteiger charge is -2.32. The van der Waals surface area contributed by atoms with Gasteiger partial charge in [0.25, 0.3) is 0 Å². The number of nitriles is 1. The van der Waals surface area contributed by atoms with Crippen molar-refractivity contribution < 1.29 is 9.13 Å². The lowest BCUT2D eigenvalue weighted by Crippen LogP contribution is -2.34. The molecule has 1 saturated heterocycles. The first kappa shape index (κ1) is 20.7. The summed E-state index contributed by atoms with van der Waals surface area (Å²) in [5.74, 6) is 1.06. The molecule has 4 rings (SSSR count). The van der Waals surface area contributed by atoms with Gasteiger partial charge in [-0.2, -0.15) is 5.26 Å². The standard InChI is InChI=1S/C24H24FN5O/c1-2-17-13-28-24(29-14-17)30-9-7-18(8-10-30)20-3-5-21(27-15-20)16-31-22-6-4-19(12-26)23(25)11-22/h3-6,11,13-15,18H,2,7-10,16H2,1H3. The van der Waals surface area contributed by atoms with Gasteiger partial charge in [0.15, 0.2) is 0 Å². The van der Waals surface area contributed by atoms with Crippen molar-refractivity contribution in [1.29, 1.82) is 5.26 Å². The molecular formula is C24H24FN5O. The number of ether oxygens (including phenoxy) is 1. The molecule has 3 aromatic rings. The van der Waals surface area contributed by atoms with Crippen molar-refractivity contribution >= 4 is 5.95 Å². The van der Waals surface area contributed by atoms with E-state index >= 15 is 0 Å². The highest BCUT2D eigenvalue weighted by Gasteiger charge is 2.22. The Labute approximate surface area is 181 Å². The van der Waals surface area contributed by atoms with Crippen molar-refractivity contribution in [3.05, 3.63) is 77.1 Å². The second kappa shape index (κ2) is 9.52. The highest BCUT2D eigenvalue weighted by Crippen LogP contribution is 2.29. The van der Waals surface area contributed by atoms with Crippen molar-refractivity contribution in [1.82, 2.24) is 15.0 Å². The minimum absolute atomic E-state index is 0.00501. The first-order chi connectivity index (χ1) is 15.2. The van der Waals surface area contributed by atoms with Gasteiger partial charge in [0, 0.05) is 37.7 Å². The van der Waals surface area contributed by atoms with Crippen LogP contribution in [0.3, 0.4) is 0 Å². The molecule has 1 aliphatic rings. The summed E-state index contributed by atoms with van der Waals surface area (Å²) >= 11 is 0. The number of hydrogen-bond acceptors (Lipinski definition) is 6. The van der Waals surface area contributed by atoms with Gasteiger partial charge in [-0.05, 0) is 54.5 Å². The van der Waals surface area contributed by atoms with E-state index in [1.54, 1.807) is 12.1 Å². The fraction of sp³-hybridized carbons (Fsp3) is 0.333. The first-order valence-corrected chi connectivity index (χ1v) is 10.5. The zero-order chi connectivity index (χ0) is 21.6. The van der Waals surface area contributed by atoms with Crippen LogP contribution in [0, 0.1) is 17.1 Å².